The smallest absolute Gasteiger partial charge is 0.166 e. The number of Topliss-reactive ketones (excluding diaryl/α,β-unsaturated/α-hetero) is 1. The Morgan fingerprint density at radius 2 is 1.63 bits per heavy atom. The van der Waals surface area contributed by atoms with E-state index in [4.69, 9.17) is 4.74 Å². The Labute approximate surface area is 114 Å². The normalized spacial score (nSPS) is 35.9. The molecule has 0 spiro atoms. The summed E-state index contributed by atoms with van der Waals surface area (Å²) in [5.41, 5.74) is 0. The number of aliphatic hydroxyl groups is 3. The van der Waals surface area contributed by atoms with Gasteiger partial charge >= 0.3 is 0 Å². The third-order valence-electron chi connectivity index (χ3n) is 3.59. The van der Waals surface area contributed by atoms with Crippen LogP contribution in [0.5, 0.6) is 0 Å². The molecule has 0 aliphatic carbocycles. The van der Waals surface area contributed by atoms with E-state index in [1.165, 1.54) is 0 Å². The van der Waals surface area contributed by atoms with Crippen molar-refractivity contribution in [3.05, 3.63) is 0 Å². The molecule has 3 N–H and O–H groups in total. The topological polar surface area (TPSA) is 87.0 Å². The van der Waals surface area contributed by atoms with Gasteiger partial charge in [-0.15, -0.1) is 0 Å². The van der Waals surface area contributed by atoms with Crippen LogP contribution in [0.15, 0.2) is 0 Å². The summed E-state index contributed by atoms with van der Waals surface area (Å²) in [4.78, 5) is 12.0. The molecule has 0 aromatic carbocycles. The third kappa shape index (κ3) is 3.99. The molecule has 1 fully saturated rings. The van der Waals surface area contributed by atoms with Crippen molar-refractivity contribution in [3.8, 4) is 0 Å². The first kappa shape index (κ1) is 16.6. The Morgan fingerprint density at radius 1 is 1.05 bits per heavy atom. The van der Waals surface area contributed by atoms with Gasteiger partial charge in [-0.25, -0.2) is 0 Å². The second-order valence-electron chi connectivity index (χ2n) is 6.10. The van der Waals surface area contributed by atoms with Crippen molar-refractivity contribution in [2.45, 2.75) is 71.1 Å². The van der Waals surface area contributed by atoms with Gasteiger partial charge in [-0.3, -0.25) is 4.79 Å². The van der Waals surface area contributed by atoms with E-state index < -0.39 is 30.5 Å². The molecule has 0 radical (unpaired) electrons. The van der Waals surface area contributed by atoms with Crippen LogP contribution in [-0.4, -0.2) is 51.6 Å². The average Bonchev–Trinajstić information content (AvgIpc) is 2.34. The number of ketones is 1. The molecule has 0 unspecified atom stereocenters. The van der Waals surface area contributed by atoms with Crippen LogP contribution in [0.1, 0.15) is 40.5 Å². The maximum Gasteiger partial charge on any atom is 0.166 e. The molecule has 0 aromatic heterocycles. The lowest BCUT2D eigenvalue weighted by atomic mass is 9.87. The van der Waals surface area contributed by atoms with E-state index in [0.29, 0.717) is 12.3 Å². The van der Waals surface area contributed by atoms with Crippen LogP contribution in [0.25, 0.3) is 0 Å². The highest BCUT2D eigenvalue weighted by Crippen LogP contribution is 2.27. The zero-order chi connectivity index (χ0) is 14.7. The Balaban J connectivity index is 2.76. The molecule has 19 heavy (non-hydrogen) atoms. The second-order valence-corrected chi connectivity index (χ2v) is 6.10. The molecule has 0 bridgehead atoms. The summed E-state index contributed by atoms with van der Waals surface area (Å²) in [5.74, 6) is -0.0834. The fourth-order valence-corrected chi connectivity index (χ4v) is 2.25. The van der Waals surface area contributed by atoms with Crippen LogP contribution in [-0.2, 0) is 9.53 Å². The van der Waals surface area contributed by atoms with Crippen molar-refractivity contribution in [1.29, 1.82) is 0 Å². The van der Waals surface area contributed by atoms with Crippen LogP contribution >= 0.6 is 0 Å². The maximum absolute atomic E-state index is 12.0. The maximum atomic E-state index is 12.0. The fraction of sp³-hybridized carbons (Fsp3) is 0.929. The number of carbonyl (C=O) groups excluding carboxylic acids is 1. The number of hydrogen-bond acceptors (Lipinski definition) is 5. The molecule has 1 saturated heterocycles. The highest BCUT2D eigenvalue weighted by Gasteiger charge is 2.46. The molecule has 5 heteroatoms. The molecule has 0 aromatic rings. The first-order valence-electron chi connectivity index (χ1n) is 6.99. The summed E-state index contributed by atoms with van der Waals surface area (Å²) in [7, 11) is 0. The van der Waals surface area contributed by atoms with Gasteiger partial charge in [0.2, 0.25) is 0 Å². The molecule has 0 saturated carbocycles. The zero-order valence-corrected chi connectivity index (χ0v) is 12.1. The van der Waals surface area contributed by atoms with Crippen LogP contribution in [0, 0.1) is 11.8 Å². The number of aliphatic hydroxyl groups excluding tert-OH is 3. The van der Waals surface area contributed by atoms with E-state index in [0.717, 1.165) is 6.42 Å². The molecule has 1 aliphatic rings. The van der Waals surface area contributed by atoms with E-state index >= 15 is 0 Å². The van der Waals surface area contributed by atoms with Crippen LogP contribution in [0.3, 0.4) is 0 Å². The van der Waals surface area contributed by atoms with Crippen LogP contribution in [0.2, 0.25) is 0 Å². The number of hydrogen-bond donors (Lipinski definition) is 3. The van der Waals surface area contributed by atoms with Crippen molar-refractivity contribution in [2.75, 3.05) is 0 Å². The number of rotatable bonds is 5. The molecule has 5 nitrogen and oxygen atoms in total. The summed E-state index contributed by atoms with van der Waals surface area (Å²) in [5, 5.41) is 29.6. The lowest BCUT2D eigenvalue weighted by molar-refractivity contribution is -0.222. The first-order chi connectivity index (χ1) is 8.75. The van der Waals surface area contributed by atoms with Crippen molar-refractivity contribution in [1.82, 2.24) is 0 Å². The molecule has 1 heterocycles. The molecule has 112 valence electrons. The van der Waals surface area contributed by atoms with E-state index in [-0.39, 0.29) is 11.7 Å². The van der Waals surface area contributed by atoms with Crippen molar-refractivity contribution in [2.24, 2.45) is 11.8 Å². The summed E-state index contributed by atoms with van der Waals surface area (Å²) in [6.07, 6.45) is -4.11. The van der Waals surface area contributed by atoms with Gasteiger partial charge < -0.3 is 20.1 Å². The standard InChI is InChI=1S/C14H26O5/c1-7(2)5-6-9-11(16)12(17)13(18)14(19-9)10(15)8(3)4/h7-9,11-14,16-18H,5-6H2,1-4H3/t9-,11-,12+,13-,14+/m0/s1. The Kier molecular flexibility index (Phi) is 5.92. The Hall–Kier alpha value is -0.490. The zero-order valence-electron chi connectivity index (χ0n) is 12.1. The third-order valence-corrected chi connectivity index (χ3v) is 3.59. The van der Waals surface area contributed by atoms with Gasteiger partial charge in [-0.1, -0.05) is 27.7 Å². The van der Waals surface area contributed by atoms with Crippen molar-refractivity contribution >= 4 is 5.78 Å². The van der Waals surface area contributed by atoms with Gasteiger partial charge in [-0.05, 0) is 18.8 Å². The lowest BCUT2D eigenvalue weighted by Gasteiger charge is -2.40. The average molecular weight is 274 g/mol. The summed E-state index contributed by atoms with van der Waals surface area (Å²) in [6, 6.07) is 0. The van der Waals surface area contributed by atoms with Crippen molar-refractivity contribution < 1.29 is 24.9 Å². The van der Waals surface area contributed by atoms with Gasteiger partial charge in [0.25, 0.3) is 0 Å². The lowest BCUT2D eigenvalue weighted by Crippen LogP contribution is -2.60. The number of carbonyl (C=O) groups is 1. The summed E-state index contributed by atoms with van der Waals surface area (Å²) >= 11 is 0. The predicted molar refractivity (Wildman–Crippen MR) is 70.6 cm³/mol. The highest BCUT2D eigenvalue weighted by atomic mass is 16.5. The van der Waals surface area contributed by atoms with E-state index in [2.05, 4.69) is 13.8 Å². The van der Waals surface area contributed by atoms with E-state index in [9.17, 15) is 20.1 Å². The molecule has 5 atom stereocenters. The molecule has 1 rings (SSSR count). The monoisotopic (exact) mass is 274 g/mol. The Morgan fingerprint density at radius 3 is 2.11 bits per heavy atom. The minimum atomic E-state index is -1.36. The molecular weight excluding hydrogens is 248 g/mol. The first-order valence-corrected chi connectivity index (χ1v) is 6.99. The minimum Gasteiger partial charge on any atom is -0.388 e. The molecule has 1 aliphatic heterocycles. The van der Waals surface area contributed by atoms with Gasteiger partial charge in [0, 0.05) is 5.92 Å². The summed E-state index contributed by atoms with van der Waals surface area (Å²) < 4.78 is 5.55. The molecular formula is C14H26O5. The van der Waals surface area contributed by atoms with Crippen molar-refractivity contribution in [3.63, 3.8) is 0 Å². The molecule has 0 amide bonds. The number of ether oxygens (including phenoxy) is 1. The van der Waals surface area contributed by atoms with Crippen LogP contribution < -0.4 is 0 Å². The Bertz CT molecular complexity index is 302. The van der Waals surface area contributed by atoms with Gasteiger partial charge in [0.15, 0.2) is 5.78 Å². The predicted octanol–water partition coefficient (Wildman–Crippen LogP) is 0.498. The largest absolute Gasteiger partial charge is 0.388 e. The van der Waals surface area contributed by atoms with E-state index in [1.807, 2.05) is 0 Å². The van der Waals surface area contributed by atoms with Gasteiger partial charge in [0.05, 0.1) is 6.10 Å². The highest BCUT2D eigenvalue weighted by molar-refractivity contribution is 5.85. The van der Waals surface area contributed by atoms with Gasteiger partial charge in [-0.2, -0.15) is 0 Å². The SMILES string of the molecule is CC(C)CC[C@@H]1O[C@H](C(=O)C(C)C)[C@@H](O)[C@H](O)[C@H]1O. The summed E-state index contributed by atoms with van der Waals surface area (Å²) in [6.45, 7) is 7.55. The van der Waals surface area contributed by atoms with Crippen LogP contribution in [0.4, 0.5) is 0 Å². The minimum absolute atomic E-state index is 0.243. The van der Waals surface area contributed by atoms with Gasteiger partial charge in [0.1, 0.15) is 24.4 Å². The fourth-order valence-electron chi connectivity index (χ4n) is 2.25. The van der Waals surface area contributed by atoms with E-state index in [1.54, 1.807) is 13.8 Å². The second kappa shape index (κ2) is 6.79. The quantitative estimate of drug-likeness (QED) is 0.679.